The number of nitro benzene ring substituents is 1. The predicted octanol–water partition coefficient (Wildman–Crippen LogP) is 6.30. The molecule has 0 radical (unpaired) electrons. The Kier molecular flexibility index (Phi) is 10.8. The average molecular weight is 598 g/mol. The molecule has 0 spiro atoms. The van der Waals surface area contributed by atoms with E-state index < -0.39 is 28.7 Å². The zero-order chi connectivity index (χ0) is 31.8. The third-order valence-corrected chi connectivity index (χ3v) is 8.35. The van der Waals surface area contributed by atoms with E-state index >= 15 is 0 Å². The molecule has 0 saturated carbocycles. The van der Waals surface area contributed by atoms with Crippen LogP contribution in [0.5, 0.6) is 0 Å². The first kappa shape index (κ1) is 32.3. The number of carbonyl (C=O) groups is 2. The van der Waals surface area contributed by atoms with E-state index in [1.165, 1.54) is 36.4 Å². The Morgan fingerprint density at radius 2 is 1.59 bits per heavy atom. The van der Waals surface area contributed by atoms with Gasteiger partial charge >= 0.3 is 11.9 Å². The normalized spacial score (nSPS) is 17.3. The molecular formula is C35H39N3O6. The maximum absolute atomic E-state index is 13.6. The molecule has 3 aromatic rings. The molecule has 0 fully saturated rings. The molecule has 0 bridgehead atoms. The van der Waals surface area contributed by atoms with Crippen LogP contribution in [0.2, 0.25) is 0 Å². The van der Waals surface area contributed by atoms with Crippen molar-refractivity contribution in [2.24, 2.45) is 10.9 Å². The molecule has 0 aromatic heterocycles. The highest BCUT2D eigenvalue weighted by molar-refractivity contribution is 6.07. The number of nitrogens with zero attached hydrogens (tertiary/aromatic N) is 3. The highest BCUT2D eigenvalue weighted by Crippen LogP contribution is 2.41. The van der Waals surface area contributed by atoms with Crippen LogP contribution in [0, 0.1) is 16.0 Å². The minimum absolute atomic E-state index is 0.116. The van der Waals surface area contributed by atoms with Gasteiger partial charge in [0.2, 0.25) is 0 Å². The Morgan fingerprint density at radius 3 is 2.16 bits per heavy atom. The van der Waals surface area contributed by atoms with Gasteiger partial charge in [-0.1, -0.05) is 72.8 Å². The third-order valence-electron chi connectivity index (χ3n) is 8.35. The zero-order valence-corrected chi connectivity index (χ0v) is 25.8. The number of non-ortho nitro benzene ring substituents is 1. The van der Waals surface area contributed by atoms with E-state index in [0.29, 0.717) is 23.5 Å². The minimum Gasteiger partial charge on any atom is -0.468 e. The largest absolute Gasteiger partial charge is 0.468 e. The Balaban J connectivity index is 1.49. The van der Waals surface area contributed by atoms with Gasteiger partial charge in [-0.2, -0.15) is 0 Å². The van der Waals surface area contributed by atoms with Crippen molar-refractivity contribution in [2.45, 2.75) is 45.1 Å². The topological polar surface area (TPSA) is 111 Å². The number of aliphatic imine (C=N–C) groups is 1. The molecule has 4 rings (SSSR count). The SMILES string of the molecule is COC(=O)C1C(C)=NC(C)=C(C(=O)OCCN(C)C(C)CC(c2ccccc2)c2ccccc2)C1c1cccc([N+](=O)[O-])c1. The summed E-state index contributed by atoms with van der Waals surface area (Å²) in [5.74, 6) is -2.76. The van der Waals surface area contributed by atoms with Gasteiger partial charge in [0.25, 0.3) is 5.69 Å². The maximum atomic E-state index is 13.6. The van der Waals surface area contributed by atoms with Gasteiger partial charge in [0.1, 0.15) is 12.5 Å². The molecule has 9 heteroatoms. The summed E-state index contributed by atoms with van der Waals surface area (Å²) in [6.45, 7) is 6.13. The molecule has 1 aliphatic rings. The number of esters is 2. The number of hydrogen-bond acceptors (Lipinski definition) is 8. The Morgan fingerprint density at radius 1 is 0.977 bits per heavy atom. The summed E-state index contributed by atoms with van der Waals surface area (Å²) in [5, 5.41) is 11.5. The number of allylic oxidation sites excluding steroid dienone is 1. The Hall–Kier alpha value is -4.63. The predicted molar refractivity (Wildman–Crippen MR) is 170 cm³/mol. The molecule has 0 saturated heterocycles. The second-order valence-electron chi connectivity index (χ2n) is 11.2. The molecular weight excluding hydrogens is 558 g/mol. The second-order valence-corrected chi connectivity index (χ2v) is 11.2. The van der Waals surface area contributed by atoms with Crippen LogP contribution < -0.4 is 0 Å². The lowest BCUT2D eigenvalue weighted by Gasteiger charge is -2.31. The monoisotopic (exact) mass is 597 g/mol. The number of carbonyl (C=O) groups excluding carboxylic acids is 2. The lowest BCUT2D eigenvalue weighted by Crippen LogP contribution is -2.37. The molecule has 1 heterocycles. The Labute approximate surface area is 258 Å². The number of rotatable bonds is 12. The van der Waals surface area contributed by atoms with E-state index in [-0.39, 0.29) is 29.8 Å². The fourth-order valence-electron chi connectivity index (χ4n) is 5.86. The molecule has 0 amide bonds. The first-order valence-electron chi connectivity index (χ1n) is 14.7. The van der Waals surface area contributed by atoms with Crippen molar-refractivity contribution in [3.8, 4) is 0 Å². The summed E-state index contributed by atoms with van der Waals surface area (Å²) in [7, 11) is 3.27. The summed E-state index contributed by atoms with van der Waals surface area (Å²) >= 11 is 0. The summed E-state index contributed by atoms with van der Waals surface area (Å²) in [6, 6.07) is 27.0. The molecule has 3 atom stereocenters. The molecule has 3 unspecified atom stereocenters. The van der Waals surface area contributed by atoms with Crippen LogP contribution in [-0.2, 0) is 19.1 Å². The highest BCUT2D eigenvalue weighted by atomic mass is 16.6. The van der Waals surface area contributed by atoms with Gasteiger partial charge in [0.15, 0.2) is 0 Å². The smallest absolute Gasteiger partial charge is 0.336 e. The van der Waals surface area contributed by atoms with E-state index in [0.717, 1.165) is 6.42 Å². The van der Waals surface area contributed by atoms with Gasteiger partial charge in [-0.05, 0) is 50.9 Å². The van der Waals surface area contributed by atoms with Crippen molar-refractivity contribution in [1.29, 1.82) is 0 Å². The number of benzene rings is 3. The number of nitro groups is 1. The molecule has 9 nitrogen and oxygen atoms in total. The molecule has 0 aliphatic carbocycles. The zero-order valence-electron chi connectivity index (χ0n) is 25.8. The van der Waals surface area contributed by atoms with Crippen molar-refractivity contribution in [3.63, 3.8) is 0 Å². The van der Waals surface area contributed by atoms with E-state index in [9.17, 15) is 19.7 Å². The van der Waals surface area contributed by atoms with E-state index in [1.54, 1.807) is 19.9 Å². The minimum atomic E-state index is -0.927. The van der Waals surface area contributed by atoms with Gasteiger partial charge < -0.3 is 14.4 Å². The number of hydrogen-bond donors (Lipinski definition) is 0. The van der Waals surface area contributed by atoms with Gasteiger partial charge in [-0.15, -0.1) is 0 Å². The molecule has 1 aliphatic heterocycles. The summed E-state index contributed by atoms with van der Waals surface area (Å²) in [5.41, 5.74) is 3.84. The van der Waals surface area contributed by atoms with Gasteiger partial charge in [0.05, 0.1) is 17.6 Å². The quantitative estimate of drug-likeness (QED) is 0.137. The third kappa shape index (κ3) is 7.47. The van der Waals surface area contributed by atoms with Crippen molar-refractivity contribution in [1.82, 2.24) is 4.90 Å². The summed E-state index contributed by atoms with van der Waals surface area (Å²) in [4.78, 5) is 44.2. The van der Waals surface area contributed by atoms with Crippen LogP contribution in [0.3, 0.4) is 0 Å². The van der Waals surface area contributed by atoms with Crippen LogP contribution in [-0.4, -0.2) is 60.8 Å². The van der Waals surface area contributed by atoms with Crippen LogP contribution in [0.1, 0.15) is 55.7 Å². The molecule has 3 aromatic carbocycles. The van der Waals surface area contributed by atoms with E-state index in [2.05, 4.69) is 65.3 Å². The fourth-order valence-corrected chi connectivity index (χ4v) is 5.86. The number of likely N-dealkylation sites (N-methyl/N-ethyl adjacent to an activating group) is 1. The maximum Gasteiger partial charge on any atom is 0.336 e. The van der Waals surface area contributed by atoms with Gasteiger partial charge in [-0.25, -0.2) is 4.79 Å². The highest BCUT2D eigenvalue weighted by Gasteiger charge is 2.42. The average Bonchev–Trinajstić information content (AvgIpc) is 3.03. The van der Waals surface area contributed by atoms with E-state index in [1.807, 2.05) is 19.2 Å². The van der Waals surface area contributed by atoms with Crippen LogP contribution in [0.25, 0.3) is 0 Å². The van der Waals surface area contributed by atoms with E-state index in [4.69, 9.17) is 9.47 Å². The molecule has 230 valence electrons. The van der Waals surface area contributed by atoms with Crippen molar-refractivity contribution >= 4 is 23.3 Å². The van der Waals surface area contributed by atoms with Crippen molar-refractivity contribution in [2.75, 3.05) is 27.3 Å². The number of ether oxygens (including phenoxy) is 2. The summed E-state index contributed by atoms with van der Waals surface area (Å²) < 4.78 is 10.8. The molecule has 44 heavy (non-hydrogen) atoms. The van der Waals surface area contributed by atoms with Gasteiger partial charge in [0, 0.05) is 48.0 Å². The Bertz CT molecular complexity index is 1500. The number of methoxy groups -OCH3 is 1. The molecule has 0 N–H and O–H groups in total. The van der Waals surface area contributed by atoms with Crippen LogP contribution >= 0.6 is 0 Å². The lowest BCUT2D eigenvalue weighted by molar-refractivity contribution is -0.384. The fraction of sp³-hybridized carbons (Fsp3) is 0.343. The van der Waals surface area contributed by atoms with Crippen molar-refractivity contribution < 1.29 is 24.0 Å². The standard InChI is InChI=1S/C35H39N3O6/c1-23(21-30(26-13-8-6-9-14-26)27-15-10-7-11-16-27)37(4)19-20-44-35(40)32-25(3)36-24(2)31(34(39)43-5)33(32)28-17-12-18-29(22-28)38(41)42/h6-18,22-23,30-31,33H,19-21H2,1-5H3. The lowest BCUT2D eigenvalue weighted by atomic mass is 9.75. The van der Waals surface area contributed by atoms with Crippen LogP contribution in [0.4, 0.5) is 5.69 Å². The first-order valence-corrected chi connectivity index (χ1v) is 14.7. The van der Waals surface area contributed by atoms with Crippen molar-refractivity contribution in [3.05, 3.63) is 123 Å². The first-order chi connectivity index (χ1) is 21.1. The summed E-state index contributed by atoms with van der Waals surface area (Å²) in [6.07, 6.45) is 0.867. The van der Waals surface area contributed by atoms with Gasteiger partial charge in [-0.3, -0.25) is 19.9 Å². The van der Waals surface area contributed by atoms with Crippen LogP contribution in [0.15, 0.2) is 101 Å². The second kappa shape index (κ2) is 14.7.